The number of halogens is 1. The van der Waals surface area contributed by atoms with Gasteiger partial charge in [0.25, 0.3) is 0 Å². The molecule has 0 nitrogen and oxygen atoms in total. The lowest BCUT2D eigenvalue weighted by atomic mass is 9.84. The van der Waals surface area contributed by atoms with Crippen molar-refractivity contribution in [3.05, 3.63) is 0 Å². The number of alkyl halides is 1. The first-order valence-electron chi connectivity index (χ1n) is 3.97. The van der Waals surface area contributed by atoms with E-state index in [9.17, 15) is 4.39 Å². The third kappa shape index (κ3) is 4.84. The summed E-state index contributed by atoms with van der Waals surface area (Å²) in [6.07, 6.45) is 4.71. The lowest BCUT2D eigenvalue weighted by Gasteiger charge is -2.23. The van der Waals surface area contributed by atoms with E-state index < -0.39 is 6.17 Å². The van der Waals surface area contributed by atoms with Gasteiger partial charge in [0.05, 0.1) is 0 Å². The lowest BCUT2D eigenvalue weighted by molar-refractivity contribution is 0.224. The molecule has 0 heterocycles. The van der Waals surface area contributed by atoms with Gasteiger partial charge in [0.2, 0.25) is 0 Å². The third-order valence-electron chi connectivity index (χ3n) is 1.59. The molecule has 0 aliphatic carbocycles. The summed E-state index contributed by atoms with van der Waals surface area (Å²) in [5, 5.41) is 0. The van der Waals surface area contributed by atoms with Crippen LogP contribution in [0.2, 0.25) is 0 Å². The van der Waals surface area contributed by atoms with Crippen LogP contribution in [0.5, 0.6) is 0 Å². The van der Waals surface area contributed by atoms with Crippen LogP contribution in [-0.4, -0.2) is 6.17 Å². The fraction of sp³-hybridized carbons (Fsp3) is 0.800. The average Bonchev–Trinajstić information content (AvgIpc) is 1.82. The standard InChI is InChI=1S/C10H17F/c1-6-9(11)8(2)7-10(3,4)5/h1,8-9H,7H2,2-5H3. The molecule has 0 aromatic carbocycles. The molecule has 0 amide bonds. The first-order chi connectivity index (χ1) is 4.87. The van der Waals surface area contributed by atoms with Crippen LogP contribution in [-0.2, 0) is 0 Å². The molecule has 1 heteroatoms. The van der Waals surface area contributed by atoms with Crippen molar-refractivity contribution in [1.29, 1.82) is 0 Å². The zero-order chi connectivity index (χ0) is 9.07. The van der Waals surface area contributed by atoms with Crippen molar-refractivity contribution in [2.24, 2.45) is 11.3 Å². The molecule has 0 bridgehead atoms. The molecule has 0 spiro atoms. The highest BCUT2D eigenvalue weighted by molar-refractivity contribution is 4.96. The maximum Gasteiger partial charge on any atom is 0.162 e. The maximum absolute atomic E-state index is 12.8. The molecule has 0 saturated carbocycles. The van der Waals surface area contributed by atoms with Gasteiger partial charge in [-0.3, -0.25) is 0 Å². The van der Waals surface area contributed by atoms with Crippen molar-refractivity contribution < 1.29 is 4.39 Å². The summed E-state index contributed by atoms with van der Waals surface area (Å²) in [5.74, 6) is 2.09. The van der Waals surface area contributed by atoms with Crippen LogP contribution in [0.25, 0.3) is 0 Å². The van der Waals surface area contributed by atoms with Gasteiger partial charge in [-0.2, -0.15) is 0 Å². The zero-order valence-corrected chi connectivity index (χ0v) is 7.82. The van der Waals surface area contributed by atoms with Crippen molar-refractivity contribution in [1.82, 2.24) is 0 Å². The largest absolute Gasteiger partial charge is 0.233 e. The van der Waals surface area contributed by atoms with E-state index in [1.54, 1.807) is 0 Å². The number of rotatable bonds is 2. The van der Waals surface area contributed by atoms with Gasteiger partial charge in [-0.25, -0.2) is 4.39 Å². The second kappa shape index (κ2) is 3.76. The quantitative estimate of drug-likeness (QED) is 0.539. The smallest absolute Gasteiger partial charge is 0.162 e. The Morgan fingerprint density at radius 1 is 1.45 bits per heavy atom. The SMILES string of the molecule is C#CC(F)C(C)CC(C)(C)C. The van der Waals surface area contributed by atoms with Crippen LogP contribution in [0.4, 0.5) is 4.39 Å². The van der Waals surface area contributed by atoms with E-state index in [4.69, 9.17) is 6.42 Å². The van der Waals surface area contributed by atoms with E-state index in [0.29, 0.717) is 0 Å². The van der Waals surface area contributed by atoms with Crippen LogP contribution in [0.3, 0.4) is 0 Å². The van der Waals surface area contributed by atoms with Gasteiger partial charge in [-0.15, -0.1) is 6.42 Å². The Morgan fingerprint density at radius 2 is 1.91 bits per heavy atom. The minimum Gasteiger partial charge on any atom is -0.233 e. The van der Waals surface area contributed by atoms with Crippen LogP contribution in [0.15, 0.2) is 0 Å². The molecular formula is C10H17F. The minimum absolute atomic E-state index is 0.0278. The Labute approximate surface area is 69.2 Å². The molecule has 11 heavy (non-hydrogen) atoms. The summed E-state index contributed by atoms with van der Waals surface area (Å²) in [4.78, 5) is 0. The summed E-state index contributed by atoms with van der Waals surface area (Å²) in [7, 11) is 0. The molecule has 0 saturated heterocycles. The summed E-state index contributed by atoms with van der Waals surface area (Å²) in [6.45, 7) is 8.13. The fourth-order valence-corrected chi connectivity index (χ4v) is 1.23. The van der Waals surface area contributed by atoms with E-state index in [2.05, 4.69) is 26.7 Å². The Balaban J connectivity index is 3.90. The highest BCUT2D eigenvalue weighted by atomic mass is 19.1. The molecule has 0 aromatic heterocycles. The summed E-state index contributed by atoms with van der Waals surface area (Å²) in [6, 6.07) is 0. The Bertz CT molecular complexity index is 147. The predicted octanol–water partition coefficient (Wildman–Crippen LogP) is 3.03. The average molecular weight is 156 g/mol. The molecule has 0 rings (SSSR count). The third-order valence-corrected chi connectivity index (χ3v) is 1.59. The topological polar surface area (TPSA) is 0 Å². The summed E-state index contributed by atoms with van der Waals surface area (Å²) in [5.41, 5.74) is 0.167. The second-order valence-corrected chi connectivity index (χ2v) is 4.31. The van der Waals surface area contributed by atoms with Crippen LogP contribution in [0.1, 0.15) is 34.1 Å². The van der Waals surface area contributed by atoms with Gasteiger partial charge in [-0.05, 0) is 17.8 Å². The highest BCUT2D eigenvalue weighted by Gasteiger charge is 2.20. The second-order valence-electron chi connectivity index (χ2n) is 4.31. The normalized spacial score (nSPS) is 17.1. The van der Waals surface area contributed by atoms with Crippen molar-refractivity contribution >= 4 is 0 Å². The number of terminal acetylenes is 1. The maximum atomic E-state index is 12.8. The molecule has 0 aromatic rings. The number of hydrogen-bond donors (Lipinski definition) is 0. The Kier molecular flexibility index (Phi) is 3.58. The molecule has 0 aliphatic heterocycles. The van der Waals surface area contributed by atoms with Gasteiger partial charge in [-0.1, -0.05) is 33.6 Å². The number of hydrogen-bond acceptors (Lipinski definition) is 0. The summed E-state index contributed by atoms with van der Waals surface area (Å²) >= 11 is 0. The molecular weight excluding hydrogens is 139 g/mol. The van der Waals surface area contributed by atoms with E-state index in [1.807, 2.05) is 6.92 Å². The lowest BCUT2D eigenvalue weighted by Crippen LogP contribution is -2.18. The van der Waals surface area contributed by atoms with E-state index >= 15 is 0 Å². The van der Waals surface area contributed by atoms with Crippen molar-refractivity contribution in [2.75, 3.05) is 0 Å². The highest BCUT2D eigenvalue weighted by Crippen LogP contribution is 2.26. The van der Waals surface area contributed by atoms with E-state index in [1.165, 1.54) is 0 Å². The van der Waals surface area contributed by atoms with Crippen molar-refractivity contribution in [2.45, 2.75) is 40.3 Å². The zero-order valence-electron chi connectivity index (χ0n) is 7.82. The summed E-state index contributed by atoms with van der Waals surface area (Å²) < 4.78 is 12.8. The molecule has 2 unspecified atom stereocenters. The first kappa shape index (κ1) is 10.5. The molecule has 64 valence electrons. The van der Waals surface area contributed by atoms with Crippen LogP contribution < -0.4 is 0 Å². The Hall–Kier alpha value is -0.510. The van der Waals surface area contributed by atoms with Gasteiger partial charge >= 0.3 is 0 Å². The van der Waals surface area contributed by atoms with Crippen molar-refractivity contribution in [3.63, 3.8) is 0 Å². The molecule has 2 atom stereocenters. The van der Waals surface area contributed by atoms with Gasteiger partial charge in [0.15, 0.2) is 6.17 Å². The van der Waals surface area contributed by atoms with Crippen molar-refractivity contribution in [3.8, 4) is 12.3 Å². The minimum atomic E-state index is -1.09. The molecule has 0 fully saturated rings. The van der Waals surface area contributed by atoms with E-state index in [-0.39, 0.29) is 11.3 Å². The van der Waals surface area contributed by atoms with Crippen LogP contribution >= 0.6 is 0 Å². The Morgan fingerprint density at radius 3 is 2.18 bits per heavy atom. The van der Waals surface area contributed by atoms with Gasteiger partial charge < -0.3 is 0 Å². The molecule has 0 radical (unpaired) electrons. The van der Waals surface area contributed by atoms with Crippen LogP contribution in [0, 0.1) is 23.7 Å². The molecule has 0 N–H and O–H groups in total. The van der Waals surface area contributed by atoms with Gasteiger partial charge in [0.1, 0.15) is 0 Å². The van der Waals surface area contributed by atoms with E-state index in [0.717, 1.165) is 6.42 Å². The monoisotopic (exact) mass is 156 g/mol. The van der Waals surface area contributed by atoms with Gasteiger partial charge in [0, 0.05) is 0 Å². The first-order valence-corrected chi connectivity index (χ1v) is 3.97. The predicted molar refractivity (Wildman–Crippen MR) is 47.0 cm³/mol. The fourth-order valence-electron chi connectivity index (χ4n) is 1.23. The molecule has 0 aliphatic rings.